The number of carboxylic acids is 2. The molecule has 0 amide bonds. The predicted octanol–water partition coefficient (Wildman–Crippen LogP) is 7.07. The summed E-state index contributed by atoms with van der Waals surface area (Å²) < 4.78 is 16.1. The Labute approximate surface area is 214 Å². The van der Waals surface area contributed by atoms with E-state index >= 15 is 0 Å². The summed E-state index contributed by atoms with van der Waals surface area (Å²) >= 11 is 0. The molecule has 0 rings (SSSR count). The fourth-order valence-corrected chi connectivity index (χ4v) is 4.96. The SMILES string of the molecule is CCCCCC(CCCCC)(CCCCOCCCCCCC(C)C(OC)(OC)C(=O)O)C(=O)O. The highest BCUT2D eigenvalue weighted by Gasteiger charge is 2.44. The van der Waals surface area contributed by atoms with Crippen molar-refractivity contribution in [1.82, 2.24) is 0 Å². The average molecular weight is 503 g/mol. The molecule has 0 aliphatic heterocycles. The molecule has 0 heterocycles. The van der Waals surface area contributed by atoms with Crippen LogP contribution in [0.1, 0.15) is 124 Å². The Balaban J connectivity index is 4.14. The molecule has 0 radical (unpaired) electrons. The number of hydrogen-bond acceptors (Lipinski definition) is 5. The first-order chi connectivity index (χ1) is 16.8. The van der Waals surface area contributed by atoms with Gasteiger partial charge in [-0.25, -0.2) is 4.79 Å². The molecule has 0 saturated carbocycles. The van der Waals surface area contributed by atoms with Crippen molar-refractivity contribution in [3.05, 3.63) is 0 Å². The third-order valence-electron chi connectivity index (χ3n) is 7.39. The number of carboxylic acid groups (broad SMARTS) is 2. The second kappa shape index (κ2) is 19.9. The van der Waals surface area contributed by atoms with E-state index in [1.165, 1.54) is 14.2 Å². The first-order valence-corrected chi connectivity index (χ1v) is 13.9. The third-order valence-corrected chi connectivity index (χ3v) is 7.39. The number of unbranched alkanes of at least 4 members (excludes halogenated alkanes) is 8. The summed E-state index contributed by atoms with van der Waals surface area (Å²) in [7, 11) is 2.73. The minimum absolute atomic E-state index is 0.242. The largest absolute Gasteiger partial charge is 0.481 e. The van der Waals surface area contributed by atoms with Gasteiger partial charge in [-0.05, 0) is 38.5 Å². The zero-order valence-electron chi connectivity index (χ0n) is 23.2. The summed E-state index contributed by atoms with van der Waals surface area (Å²) in [5.41, 5.74) is -0.564. The Bertz CT molecular complexity index is 535. The summed E-state index contributed by atoms with van der Waals surface area (Å²) in [6.07, 6.45) is 15.2. The molecule has 0 spiro atoms. The molecular weight excluding hydrogens is 448 g/mol. The minimum atomic E-state index is -1.58. The summed E-state index contributed by atoms with van der Waals surface area (Å²) in [6.45, 7) is 7.55. The smallest absolute Gasteiger partial charge is 0.364 e. The molecule has 0 bridgehead atoms. The molecule has 2 N–H and O–H groups in total. The molecule has 0 aromatic carbocycles. The summed E-state index contributed by atoms with van der Waals surface area (Å²) in [4.78, 5) is 23.7. The Morgan fingerprint density at radius 1 is 0.686 bits per heavy atom. The van der Waals surface area contributed by atoms with Crippen LogP contribution < -0.4 is 0 Å². The Hall–Kier alpha value is -1.18. The molecule has 35 heavy (non-hydrogen) atoms. The van der Waals surface area contributed by atoms with Crippen LogP contribution in [0.3, 0.4) is 0 Å². The summed E-state index contributed by atoms with van der Waals surface area (Å²) in [6, 6.07) is 0. The van der Waals surface area contributed by atoms with Crippen LogP contribution in [0.4, 0.5) is 0 Å². The quantitative estimate of drug-likeness (QED) is 0.102. The maximum absolute atomic E-state index is 12.2. The van der Waals surface area contributed by atoms with Gasteiger partial charge in [-0.15, -0.1) is 0 Å². The van der Waals surface area contributed by atoms with Crippen molar-refractivity contribution in [3.8, 4) is 0 Å². The number of carbonyl (C=O) groups is 2. The van der Waals surface area contributed by atoms with Crippen LogP contribution in [0.5, 0.6) is 0 Å². The minimum Gasteiger partial charge on any atom is -0.481 e. The fraction of sp³-hybridized carbons (Fsp3) is 0.929. The van der Waals surface area contributed by atoms with Gasteiger partial charge in [0.05, 0.1) is 5.41 Å². The van der Waals surface area contributed by atoms with Crippen molar-refractivity contribution in [2.75, 3.05) is 27.4 Å². The van der Waals surface area contributed by atoms with Gasteiger partial charge in [-0.3, -0.25) is 4.79 Å². The highest BCUT2D eigenvalue weighted by atomic mass is 16.7. The van der Waals surface area contributed by atoms with Crippen molar-refractivity contribution in [1.29, 1.82) is 0 Å². The van der Waals surface area contributed by atoms with E-state index in [2.05, 4.69) is 13.8 Å². The third kappa shape index (κ3) is 12.6. The van der Waals surface area contributed by atoms with Gasteiger partial charge in [-0.2, -0.15) is 0 Å². The number of ether oxygens (including phenoxy) is 3. The molecule has 1 atom stereocenters. The van der Waals surface area contributed by atoms with E-state index in [1.54, 1.807) is 0 Å². The van der Waals surface area contributed by atoms with Crippen molar-refractivity contribution >= 4 is 11.9 Å². The van der Waals surface area contributed by atoms with Crippen LogP contribution in [0, 0.1) is 11.3 Å². The molecular formula is C28H54O7. The van der Waals surface area contributed by atoms with E-state index in [0.29, 0.717) is 13.2 Å². The Morgan fingerprint density at radius 3 is 1.57 bits per heavy atom. The lowest BCUT2D eigenvalue weighted by Gasteiger charge is -2.32. The number of rotatable bonds is 25. The second-order valence-corrected chi connectivity index (χ2v) is 10.1. The average Bonchev–Trinajstić information content (AvgIpc) is 2.83. The molecule has 1 unspecified atom stereocenters. The summed E-state index contributed by atoms with van der Waals surface area (Å²) in [5, 5.41) is 19.5. The highest BCUT2D eigenvalue weighted by molar-refractivity contribution is 5.76. The topological polar surface area (TPSA) is 102 Å². The van der Waals surface area contributed by atoms with Gasteiger partial charge < -0.3 is 24.4 Å². The molecule has 0 saturated heterocycles. The van der Waals surface area contributed by atoms with Crippen molar-refractivity contribution in [3.63, 3.8) is 0 Å². The molecule has 208 valence electrons. The Kier molecular flexibility index (Phi) is 19.3. The van der Waals surface area contributed by atoms with Crippen LogP contribution in [-0.4, -0.2) is 55.4 Å². The summed E-state index contributed by atoms with van der Waals surface area (Å²) in [5.74, 6) is -3.52. The number of methoxy groups -OCH3 is 2. The zero-order valence-corrected chi connectivity index (χ0v) is 23.2. The van der Waals surface area contributed by atoms with Gasteiger partial charge in [0, 0.05) is 33.4 Å². The van der Waals surface area contributed by atoms with Gasteiger partial charge in [-0.1, -0.05) is 85.0 Å². The molecule has 0 aliphatic rings. The molecule has 0 fully saturated rings. The van der Waals surface area contributed by atoms with Crippen LogP contribution in [0.15, 0.2) is 0 Å². The lowest BCUT2D eigenvalue weighted by molar-refractivity contribution is -0.245. The number of hydrogen-bond donors (Lipinski definition) is 2. The van der Waals surface area contributed by atoms with E-state index in [4.69, 9.17) is 14.2 Å². The van der Waals surface area contributed by atoms with Gasteiger partial charge in [0.15, 0.2) is 0 Å². The molecule has 7 heteroatoms. The molecule has 0 aliphatic carbocycles. The van der Waals surface area contributed by atoms with Gasteiger partial charge >= 0.3 is 11.9 Å². The zero-order chi connectivity index (χ0) is 26.6. The van der Waals surface area contributed by atoms with E-state index in [9.17, 15) is 19.8 Å². The number of aliphatic carboxylic acids is 2. The van der Waals surface area contributed by atoms with Crippen LogP contribution in [-0.2, 0) is 23.8 Å². The maximum Gasteiger partial charge on any atom is 0.364 e. The molecule has 0 aromatic heterocycles. The van der Waals surface area contributed by atoms with Crippen molar-refractivity contribution in [2.24, 2.45) is 11.3 Å². The van der Waals surface area contributed by atoms with Crippen LogP contribution in [0.2, 0.25) is 0 Å². The maximum atomic E-state index is 12.2. The van der Waals surface area contributed by atoms with Gasteiger partial charge in [0.2, 0.25) is 0 Å². The van der Waals surface area contributed by atoms with Crippen LogP contribution in [0.25, 0.3) is 0 Å². The standard InChI is InChI=1S/C28H54O7/c1-6-8-13-19-27(25(29)30,20-14-9-7-2)21-15-17-23-35-22-16-11-10-12-18-24(3)28(33-4,34-5)26(31)32/h24H,6-23H2,1-5H3,(H,29,30)(H,31,32). The van der Waals surface area contributed by atoms with E-state index < -0.39 is 23.1 Å². The lowest BCUT2D eigenvalue weighted by Crippen LogP contribution is -2.48. The normalized spacial score (nSPS) is 13.2. The van der Waals surface area contributed by atoms with Gasteiger partial charge in [0.1, 0.15) is 0 Å². The first-order valence-electron chi connectivity index (χ1n) is 13.9. The Morgan fingerprint density at radius 2 is 1.14 bits per heavy atom. The van der Waals surface area contributed by atoms with E-state index in [-0.39, 0.29) is 5.92 Å². The van der Waals surface area contributed by atoms with E-state index in [0.717, 1.165) is 103 Å². The monoisotopic (exact) mass is 502 g/mol. The van der Waals surface area contributed by atoms with Crippen molar-refractivity contribution in [2.45, 2.75) is 129 Å². The lowest BCUT2D eigenvalue weighted by atomic mass is 9.74. The highest BCUT2D eigenvalue weighted by Crippen LogP contribution is 2.37. The molecule has 7 nitrogen and oxygen atoms in total. The van der Waals surface area contributed by atoms with Gasteiger partial charge in [0.25, 0.3) is 5.79 Å². The van der Waals surface area contributed by atoms with Crippen molar-refractivity contribution < 1.29 is 34.0 Å². The predicted molar refractivity (Wildman–Crippen MR) is 140 cm³/mol. The fourth-order valence-electron chi connectivity index (χ4n) is 4.96. The second-order valence-electron chi connectivity index (χ2n) is 10.1. The first kappa shape index (κ1) is 33.8. The van der Waals surface area contributed by atoms with E-state index in [1.807, 2.05) is 6.92 Å². The van der Waals surface area contributed by atoms with Crippen LogP contribution >= 0.6 is 0 Å². The molecule has 0 aromatic rings.